The van der Waals surface area contributed by atoms with Crippen LogP contribution in [0.1, 0.15) is 48.4 Å². The van der Waals surface area contributed by atoms with Crippen LogP contribution in [0.5, 0.6) is 11.5 Å². The lowest BCUT2D eigenvalue weighted by Gasteiger charge is -2.35. The molecule has 34 heavy (non-hydrogen) atoms. The summed E-state index contributed by atoms with van der Waals surface area (Å²) in [6, 6.07) is 11.4. The van der Waals surface area contributed by atoms with Gasteiger partial charge in [-0.1, -0.05) is 23.8 Å². The Hall–Kier alpha value is -2.58. The Morgan fingerprint density at radius 3 is 2.38 bits per heavy atom. The van der Waals surface area contributed by atoms with E-state index in [0.717, 1.165) is 47.6 Å². The maximum absolute atomic E-state index is 13.5. The SMILES string of the molecule is Cc1ccc(S(=O)(=O)N2CCC(C(=O)N3CCC[C@H]3c3ccc4c(c3)OCCO4)CC2)c(C)c1. The molecule has 2 aromatic carbocycles. The smallest absolute Gasteiger partial charge is 0.243 e. The molecule has 1 atom stereocenters. The van der Waals surface area contributed by atoms with Crippen LogP contribution in [0.2, 0.25) is 0 Å². The number of carbonyl (C=O) groups excluding carboxylic acids is 1. The molecule has 5 rings (SSSR count). The molecule has 0 bridgehead atoms. The number of sulfonamides is 1. The number of ether oxygens (including phenoxy) is 2. The van der Waals surface area contributed by atoms with Gasteiger partial charge >= 0.3 is 0 Å². The largest absolute Gasteiger partial charge is 0.486 e. The van der Waals surface area contributed by atoms with Crippen LogP contribution in [0.3, 0.4) is 0 Å². The number of carbonyl (C=O) groups is 1. The molecule has 7 nitrogen and oxygen atoms in total. The fourth-order valence-corrected chi connectivity index (χ4v) is 7.13. The maximum Gasteiger partial charge on any atom is 0.243 e. The van der Waals surface area contributed by atoms with E-state index < -0.39 is 10.0 Å². The Morgan fingerprint density at radius 2 is 1.65 bits per heavy atom. The minimum atomic E-state index is -3.56. The number of benzene rings is 2. The van der Waals surface area contributed by atoms with Gasteiger partial charge in [-0.25, -0.2) is 8.42 Å². The summed E-state index contributed by atoms with van der Waals surface area (Å²) in [5, 5.41) is 0. The van der Waals surface area contributed by atoms with Gasteiger partial charge in [-0.3, -0.25) is 4.79 Å². The second-order valence-electron chi connectivity index (χ2n) is 9.54. The van der Waals surface area contributed by atoms with Gasteiger partial charge in [0.15, 0.2) is 11.5 Å². The van der Waals surface area contributed by atoms with Gasteiger partial charge < -0.3 is 14.4 Å². The molecule has 0 radical (unpaired) electrons. The fraction of sp³-hybridized carbons (Fsp3) is 0.500. The van der Waals surface area contributed by atoms with Crippen molar-refractivity contribution in [3.63, 3.8) is 0 Å². The summed E-state index contributed by atoms with van der Waals surface area (Å²) in [5.74, 6) is 1.49. The number of likely N-dealkylation sites (tertiary alicyclic amines) is 1. The van der Waals surface area contributed by atoms with E-state index in [1.807, 2.05) is 49.1 Å². The first-order valence-electron chi connectivity index (χ1n) is 12.1. The number of amides is 1. The Labute approximate surface area is 201 Å². The van der Waals surface area contributed by atoms with Gasteiger partial charge in [0.1, 0.15) is 13.2 Å². The molecule has 0 aliphatic carbocycles. The number of piperidine rings is 1. The predicted octanol–water partition coefficient (Wildman–Crippen LogP) is 3.84. The van der Waals surface area contributed by atoms with Crippen molar-refractivity contribution in [3.8, 4) is 11.5 Å². The number of fused-ring (bicyclic) bond motifs is 1. The van der Waals surface area contributed by atoms with Crippen LogP contribution in [0.15, 0.2) is 41.3 Å². The van der Waals surface area contributed by atoms with Crippen LogP contribution in [-0.2, 0) is 14.8 Å². The van der Waals surface area contributed by atoms with Gasteiger partial charge in [-0.2, -0.15) is 4.31 Å². The lowest BCUT2D eigenvalue weighted by Crippen LogP contribution is -2.44. The van der Waals surface area contributed by atoms with Gasteiger partial charge in [0.05, 0.1) is 10.9 Å². The Kier molecular flexibility index (Phi) is 6.29. The standard InChI is InChI=1S/C26H32N2O5S/c1-18-5-8-25(19(2)16-18)34(30,31)27-12-9-20(10-13-27)26(29)28-11-3-4-22(28)21-6-7-23-24(17-21)33-15-14-32-23/h5-8,16-17,20,22H,3-4,9-15H2,1-2H3/t22-/m0/s1. The third kappa shape index (κ3) is 4.29. The Balaban J connectivity index is 1.26. The average molecular weight is 485 g/mol. The predicted molar refractivity (Wildman–Crippen MR) is 129 cm³/mol. The molecule has 0 N–H and O–H groups in total. The first kappa shape index (κ1) is 23.2. The number of aryl methyl sites for hydroxylation is 2. The molecule has 0 saturated carbocycles. The van der Waals surface area contributed by atoms with Gasteiger partial charge in [-0.05, 0) is 68.9 Å². The second-order valence-corrected chi connectivity index (χ2v) is 11.4. The van der Waals surface area contributed by atoms with Gasteiger partial charge in [0.2, 0.25) is 15.9 Å². The minimum absolute atomic E-state index is 0.0281. The molecule has 0 unspecified atom stereocenters. The van der Waals surface area contributed by atoms with Crippen molar-refractivity contribution < 1.29 is 22.7 Å². The zero-order chi connectivity index (χ0) is 23.9. The normalized spacial score (nSPS) is 21.6. The van der Waals surface area contributed by atoms with E-state index in [2.05, 4.69) is 0 Å². The van der Waals surface area contributed by atoms with Crippen molar-refractivity contribution in [3.05, 3.63) is 53.1 Å². The van der Waals surface area contributed by atoms with Crippen molar-refractivity contribution in [2.45, 2.75) is 50.5 Å². The number of hydrogen-bond donors (Lipinski definition) is 0. The number of rotatable bonds is 4. The molecule has 3 aliphatic rings. The number of hydrogen-bond acceptors (Lipinski definition) is 5. The van der Waals surface area contributed by atoms with E-state index in [9.17, 15) is 13.2 Å². The molecule has 2 aromatic rings. The highest BCUT2D eigenvalue weighted by molar-refractivity contribution is 7.89. The molecular formula is C26H32N2O5S. The summed E-state index contributed by atoms with van der Waals surface area (Å²) < 4.78 is 39.3. The summed E-state index contributed by atoms with van der Waals surface area (Å²) in [6.07, 6.45) is 2.98. The lowest BCUT2D eigenvalue weighted by atomic mass is 9.95. The van der Waals surface area contributed by atoms with Gasteiger partial charge in [0, 0.05) is 25.6 Å². The van der Waals surface area contributed by atoms with Crippen molar-refractivity contribution in [2.75, 3.05) is 32.8 Å². The topological polar surface area (TPSA) is 76.2 Å². The van der Waals surface area contributed by atoms with E-state index in [-0.39, 0.29) is 17.9 Å². The molecule has 0 aromatic heterocycles. The monoisotopic (exact) mass is 484 g/mol. The van der Waals surface area contributed by atoms with E-state index in [1.165, 1.54) is 4.31 Å². The summed E-state index contributed by atoms with van der Waals surface area (Å²) in [7, 11) is -3.56. The van der Waals surface area contributed by atoms with E-state index in [4.69, 9.17) is 9.47 Å². The second kappa shape index (κ2) is 9.23. The maximum atomic E-state index is 13.5. The Bertz CT molecular complexity index is 1190. The number of nitrogens with zero attached hydrogens (tertiary/aromatic N) is 2. The average Bonchev–Trinajstić information content (AvgIpc) is 3.33. The molecule has 8 heteroatoms. The first-order valence-corrected chi connectivity index (χ1v) is 13.6. The lowest BCUT2D eigenvalue weighted by molar-refractivity contribution is -0.137. The fourth-order valence-electron chi connectivity index (χ4n) is 5.45. The third-order valence-corrected chi connectivity index (χ3v) is 9.30. The zero-order valence-corrected chi connectivity index (χ0v) is 20.6. The van der Waals surface area contributed by atoms with Crippen LogP contribution in [0, 0.1) is 19.8 Å². The van der Waals surface area contributed by atoms with Gasteiger partial charge in [-0.15, -0.1) is 0 Å². The molecule has 0 spiro atoms. The van der Waals surface area contributed by atoms with Crippen molar-refractivity contribution in [2.24, 2.45) is 5.92 Å². The quantitative estimate of drug-likeness (QED) is 0.659. The highest BCUT2D eigenvalue weighted by Gasteiger charge is 2.38. The third-order valence-electron chi connectivity index (χ3n) is 7.24. The molecule has 2 fully saturated rings. The van der Waals surface area contributed by atoms with Crippen LogP contribution >= 0.6 is 0 Å². The van der Waals surface area contributed by atoms with Crippen molar-refractivity contribution >= 4 is 15.9 Å². The molecule has 182 valence electrons. The molecule has 2 saturated heterocycles. The minimum Gasteiger partial charge on any atom is -0.486 e. The Morgan fingerprint density at radius 1 is 0.912 bits per heavy atom. The van der Waals surface area contributed by atoms with E-state index in [1.54, 1.807) is 6.07 Å². The van der Waals surface area contributed by atoms with Crippen LogP contribution in [-0.4, -0.2) is 56.4 Å². The van der Waals surface area contributed by atoms with E-state index >= 15 is 0 Å². The first-order chi connectivity index (χ1) is 16.3. The van der Waals surface area contributed by atoms with Crippen LogP contribution < -0.4 is 9.47 Å². The highest BCUT2D eigenvalue weighted by Crippen LogP contribution is 2.39. The summed E-state index contributed by atoms with van der Waals surface area (Å²) in [4.78, 5) is 15.8. The molecule has 1 amide bonds. The van der Waals surface area contributed by atoms with E-state index in [0.29, 0.717) is 44.0 Å². The zero-order valence-electron chi connectivity index (χ0n) is 19.8. The van der Waals surface area contributed by atoms with Crippen LogP contribution in [0.25, 0.3) is 0 Å². The van der Waals surface area contributed by atoms with Crippen molar-refractivity contribution in [1.82, 2.24) is 9.21 Å². The van der Waals surface area contributed by atoms with Crippen LogP contribution in [0.4, 0.5) is 0 Å². The molecule has 3 heterocycles. The van der Waals surface area contributed by atoms with Gasteiger partial charge in [0.25, 0.3) is 0 Å². The molecule has 3 aliphatic heterocycles. The highest BCUT2D eigenvalue weighted by atomic mass is 32.2. The summed E-state index contributed by atoms with van der Waals surface area (Å²) >= 11 is 0. The van der Waals surface area contributed by atoms with Crippen molar-refractivity contribution in [1.29, 1.82) is 0 Å². The summed E-state index contributed by atoms with van der Waals surface area (Å²) in [6.45, 7) is 6.35. The summed E-state index contributed by atoms with van der Waals surface area (Å²) in [5.41, 5.74) is 2.88. The molecular weight excluding hydrogens is 452 g/mol.